The van der Waals surface area contributed by atoms with Gasteiger partial charge in [-0.25, -0.2) is 9.78 Å². The van der Waals surface area contributed by atoms with E-state index < -0.39 is 17.3 Å². The van der Waals surface area contributed by atoms with Gasteiger partial charge in [0.25, 0.3) is 0 Å². The Morgan fingerprint density at radius 2 is 1.89 bits per heavy atom. The van der Waals surface area contributed by atoms with E-state index in [0.29, 0.717) is 35.7 Å². The zero-order valence-electron chi connectivity index (χ0n) is 19.7. The Kier molecular flexibility index (Phi) is 7.77. The minimum atomic E-state index is -0.791. The van der Waals surface area contributed by atoms with Crippen LogP contribution < -0.4 is 5.32 Å². The van der Waals surface area contributed by atoms with Gasteiger partial charge >= 0.3 is 5.97 Å². The molecule has 0 saturated carbocycles. The standard InChI is InChI=1S/C26H27N5O3S/c1-4-15-31-20-14-10-9-13-18(20)22-23(31)28-26(30-29-22)35-21(5-2)24(32)27-19(25(33)34-3)16-17-11-7-6-8-12-17/h4,6-14,19,21H,1,5,15-16H2,2-3H3,(H,27,32). The topological polar surface area (TPSA) is 99.0 Å². The number of rotatable bonds is 10. The molecule has 0 radical (unpaired) electrons. The number of carbonyl (C=O) groups is 2. The van der Waals surface area contributed by atoms with Crippen LogP contribution in [0.15, 0.2) is 72.4 Å². The monoisotopic (exact) mass is 489 g/mol. The van der Waals surface area contributed by atoms with Gasteiger partial charge in [-0.2, -0.15) is 0 Å². The van der Waals surface area contributed by atoms with Crippen LogP contribution in [0, 0.1) is 0 Å². The molecule has 0 aliphatic rings. The Labute approximate surface area is 207 Å². The predicted molar refractivity (Wildman–Crippen MR) is 137 cm³/mol. The number of para-hydroxylation sites is 1. The second-order valence-electron chi connectivity index (χ2n) is 7.97. The molecule has 2 atom stereocenters. The summed E-state index contributed by atoms with van der Waals surface area (Å²) in [6.45, 7) is 6.33. The highest BCUT2D eigenvalue weighted by molar-refractivity contribution is 8.00. The molecule has 4 rings (SSSR count). The second-order valence-corrected chi connectivity index (χ2v) is 9.14. The van der Waals surface area contributed by atoms with E-state index in [0.717, 1.165) is 16.5 Å². The first kappa shape index (κ1) is 24.4. The summed E-state index contributed by atoms with van der Waals surface area (Å²) >= 11 is 1.23. The Hall–Kier alpha value is -3.72. The predicted octanol–water partition coefficient (Wildman–Crippen LogP) is 3.94. The molecule has 2 aromatic heterocycles. The van der Waals surface area contributed by atoms with Gasteiger partial charge in [-0.15, -0.1) is 16.8 Å². The van der Waals surface area contributed by atoms with E-state index in [2.05, 4.69) is 22.1 Å². The van der Waals surface area contributed by atoms with Gasteiger partial charge in [0.05, 0.1) is 17.9 Å². The maximum absolute atomic E-state index is 13.1. The number of carbonyl (C=O) groups excluding carboxylic acids is 2. The number of fused-ring (bicyclic) bond motifs is 3. The van der Waals surface area contributed by atoms with Crippen LogP contribution in [-0.4, -0.2) is 50.0 Å². The molecule has 4 aromatic rings. The number of esters is 1. The summed E-state index contributed by atoms with van der Waals surface area (Å²) < 4.78 is 6.96. The van der Waals surface area contributed by atoms with Crippen molar-refractivity contribution >= 4 is 45.7 Å². The third-order valence-electron chi connectivity index (χ3n) is 5.66. The van der Waals surface area contributed by atoms with Crippen molar-refractivity contribution in [3.63, 3.8) is 0 Å². The van der Waals surface area contributed by atoms with Gasteiger partial charge in [-0.05, 0) is 18.1 Å². The molecule has 0 aliphatic carbocycles. The van der Waals surface area contributed by atoms with Gasteiger partial charge in [-0.3, -0.25) is 4.79 Å². The molecule has 0 bridgehead atoms. The third kappa shape index (κ3) is 5.35. The van der Waals surface area contributed by atoms with Gasteiger partial charge in [0.2, 0.25) is 11.1 Å². The van der Waals surface area contributed by atoms with Crippen LogP contribution in [0.4, 0.5) is 0 Å². The number of thioether (sulfide) groups is 1. The number of hydrogen-bond donors (Lipinski definition) is 1. The molecular weight excluding hydrogens is 462 g/mol. The molecule has 8 nitrogen and oxygen atoms in total. The Morgan fingerprint density at radius 3 is 2.60 bits per heavy atom. The average Bonchev–Trinajstić information content (AvgIpc) is 3.20. The summed E-state index contributed by atoms with van der Waals surface area (Å²) in [5, 5.41) is 12.4. The van der Waals surface area contributed by atoms with Gasteiger partial charge in [0, 0.05) is 18.4 Å². The Balaban J connectivity index is 1.56. The molecular formula is C26H27N5O3S. The second kappa shape index (κ2) is 11.1. The molecule has 0 spiro atoms. The SMILES string of the molecule is C=CCn1c2ccccc2c2nnc(SC(CC)C(=O)NC(Cc3ccccc3)C(=O)OC)nc21. The van der Waals surface area contributed by atoms with E-state index in [-0.39, 0.29) is 5.91 Å². The van der Waals surface area contributed by atoms with Gasteiger partial charge < -0.3 is 14.6 Å². The lowest BCUT2D eigenvalue weighted by Crippen LogP contribution is -2.46. The molecule has 0 aliphatic heterocycles. The smallest absolute Gasteiger partial charge is 0.328 e. The third-order valence-corrected chi connectivity index (χ3v) is 6.88. The first-order chi connectivity index (χ1) is 17.0. The van der Waals surface area contributed by atoms with Crippen LogP contribution in [0.2, 0.25) is 0 Å². The van der Waals surface area contributed by atoms with E-state index in [9.17, 15) is 9.59 Å². The minimum Gasteiger partial charge on any atom is -0.467 e. The fraction of sp³-hybridized carbons (Fsp3) is 0.269. The van der Waals surface area contributed by atoms with Crippen molar-refractivity contribution in [2.24, 2.45) is 0 Å². The van der Waals surface area contributed by atoms with Crippen molar-refractivity contribution in [3.05, 3.63) is 72.8 Å². The fourth-order valence-electron chi connectivity index (χ4n) is 3.95. The number of ether oxygens (including phenoxy) is 1. The van der Waals surface area contributed by atoms with E-state index in [4.69, 9.17) is 9.72 Å². The zero-order valence-corrected chi connectivity index (χ0v) is 20.5. The van der Waals surface area contributed by atoms with E-state index >= 15 is 0 Å². The number of nitrogens with zero attached hydrogens (tertiary/aromatic N) is 4. The van der Waals surface area contributed by atoms with E-state index in [1.165, 1.54) is 18.9 Å². The maximum atomic E-state index is 13.1. The lowest BCUT2D eigenvalue weighted by atomic mass is 10.1. The quantitative estimate of drug-likeness (QED) is 0.205. The number of nitrogens with one attached hydrogen (secondary N) is 1. The highest BCUT2D eigenvalue weighted by Gasteiger charge is 2.27. The van der Waals surface area contributed by atoms with Crippen molar-refractivity contribution in [2.45, 2.75) is 42.8 Å². The minimum absolute atomic E-state index is 0.279. The summed E-state index contributed by atoms with van der Waals surface area (Å²) in [7, 11) is 1.32. The summed E-state index contributed by atoms with van der Waals surface area (Å²) in [4.78, 5) is 30.2. The molecule has 2 unspecified atom stereocenters. The summed E-state index contributed by atoms with van der Waals surface area (Å²) in [6, 6.07) is 16.6. The van der Waals surface area contributed by atoms with Crippen LogP contribution >= 0.6 is 11.8 Å². The Morgan fingerprint density at radius 1 is 1.14 bits per heavy atom. The Bertz CT molecular complexity index is 1360. The first-order valence-electron chi connectivity index (χ1n) is 11.4. The van der Waals surface area contributed by atoms with Crippen LogP contribution in [0.25, 0.3) is 22.1 Å². The van der Waals surface area contributed by atoms with Gasteiger partial charge in [0.15, 0.2) is 5.65 Å². The van der Waals surface area contributed by atoms with Crippen molar-refractivity contribution in [1.29, 1.82) is 0 Å². The molecule has 1 amide bonds. The molecule has 2 heterocycles. The van der Waals surface area contributed by atoms with E-state index in [1.807, 2.05) is 72.2 Å². The lowest BCUT2D eigenvalue weighted by molar-refractivity contribution is -0.145. The number of allylic oxidation sites excluding steroid dienone is 1. The lowest BCUT2D eigenvalue weighted by Gasteiger charge is -2.20. The molecule has 0 saturated heterocycles. The number of aromatic nitrogens is 4. The van der Waals surface area contributed by atoms with Crippen LogP contribution in [-0.2, 0) is 27.3 Å². The largest absolute Gasteiger partial charge is 0.467 e. The molecule has 180 valence electrons. The highest BCUT2D eigenvalue weighted by Crippen LogP contribution is 2.29. The van der Waals surface area contributed by atoms with Crippen molar-refractivity contribution < 1.29 is 14.3 Å². The molecule has 2 aromatic carbocycles. The molecule has 35 heavy (non-hydrogen) atoms. The number of hydrogen-bond acceptors (Lipinski definition) is 7. The summed E-state index contributed by atoms with van der Waals surface area (Å²) in [5.41, 5.74) is 3.32. The van der Waals surface area contributed by atoms with Crippen molar-refractivity contribution in [2.75, 3.05) is 7.11 Å². The average molecular weight is 490 g/mol. The highest BCUT2D eigenvalue weighted by atomic mass is 32.2. The summed E-state index contributed by atoms with van der Waals surface area (Å²) in [5.74, 6) is -0.769. The first-order valence-corrected chi connectivity index (χ1v) is 12.2. The van der Waals surface area contributed by atoms with Crippen LogP contribution in [0.1, 0.15) is 18.9 Å². The molecule has 9 heteroatoms. The van der Waals surface area contributed by atoms with Gasteiger partial charge in [0.1, 0.15) is 11.6 Å². The number of benzene rings is 2. The summed E-state index contributed by atoms with van der Waals surface area (Å²) in [6.07, 6.45) is 2.67. The van der Waals surface area contributed by atoms with E-state index in [1.54, 1.807) is 0 Å². The van der Waals surface area contributed by atoms with Crippen LogP contribution in [0.5, 0.6) is 0 Å². The maximum Gasteiger partial charge on any atom is 0.328 e. The fourth-order valence-corrected chi connectivity index (χ4v) is 4.78. The van der Waals surface area contributed by atoms with Gasteiger partial charge in [-0.1, -0.05) is 73.3 Å². The van der Waals surface area contributed by atoms with Crippen LogP contribution in [0.3, 0.4) is 0 Å². The molecule has 0 fully saturated rings. The zero-order chi connectivity index (χ0) is 24.8. The van der Waals surface area contributed by atoms with Crippen molar-refractivity contribution in [1.82, 2.24) is 25.1 Å². The number of methoxy groups -OCH3 is 1. The number of amides is 1. The van der Waals surface area contributed by atoms with Crippen molar-refractivity contribution in [3.8, 4) is 0 Å². The molecule has 1 N–H and O–H groups in total. The normalized spacial score (nSPS) is 12.9.